The predicted molar refractivity (Wildman–Crippen MR) is 119 cm³/mol. The van der Waals surface area contributed by atoms with Crippen LogP contribution in [0.1, 0.15) is 44.1 Å². The Hall–Kier alpha value is -1.01. The van der Waals surface area contributed by atoms with Crippen LogP contribution in [0.2, 0.25) is 0 Å². The van der Waals surface area contributed by atoms with Crippen molar-refractivity contribution in [2.45, 2.75) is 44.9 Å². The van der Waals surface area contributed by atoms with E-state index in [1.54, 1.807) is 0 Å². The summed E-state index contributed by atoms with van der Waals surface area (Å²) in [6.45, 7) is 5.59. The molecule has 1 aromatic rings. The quantitative estimate of drug-likeness (QED) is 0.648. The van der Waals surface area contributed by atoms with Crippen molar-refractivity contribution >= 4 is 36.4 Å². The van der Waals surface area contributed by atoms with E-state index < -0.39 is 0 Å². The molecule has 1 saturated carbocycles. The summed E-state index contributed by atoms with van der Waals surface area (Å²) in [7, 11) is 0. The van der Waals surface area contributed by atoms with Crippen molar-refractivity contribution in [2.24, 2.45) is 5.41 Å². The molecule has 0 bridgehead atoms. The number of aryl methyl sites for hydroxylation is 1. The van der Waals surface area contributed by atoms with E-state index in [4.69, 9.17) is 10.5 Å². The van der Waals surface area contributed by atoms with Gasteiger partial charge in [0.25, 0.3) is 0 Å². The second kappa shape index (κ2) is 12.5. The highest BCUT2D eigenvalue weighted by atomic mass is 35.5. The average molecular weight is 432 g/mol. The molecule has 3 N–H and O–H groups in total. The maximum atomic E-state index is 12.4. The summed E-state index contributed by atoms with van der Waals surface area (Å²) >= 11 is 0. The minimum absolute atomic E-state index is 0. The van der Waals surface area contributed by atoms with Crippen LogP contribution in [0, 0.1) is 5.41 Å². The molecule has 0 aromatic heterocycles. The number of anilines is 1. The van der Waals surface area contributed by atoms with Crippen LogP contribution in [-0.2, 0) is 16.0 Å². The van der Waals surface area contributed by atoms with Gasteiger partial charge >= 0.3 is 0 Å². The molecule has 1 saturated heterocycles. The molecule has 28 heavy (non-hydrogen) atoms. The van der Waals surface area contributed by atoms with Crippen molar-refractivity contribution in [3.05, 3.63) is 29.8 Å². The third kappa shape index (κ3) is 7.43. The lowest BCUT2D eigenvalue weighted by Gasteiger charge is -2.42. The molecule has 5 nitrogen and oxygen atoms in total. The summed E-state index contributed by atoms with van der Waals surface area (Å²) in [6, 6.07) is 7.80. The lowest BCUT2D eigenvalue weighted by Crippen LogP contribution is -2.49. The van der Waals surface area contributed by atoms with Crippen molar-refractivity contribution in [1.29, 1.82) is 0 Å². The molecule has 160 valence electrons. The second-order valence-electron chi connectivity index (χ2n) is 7.92. The summed E-state index contributed by atoms with van der Waals surface area (Å²) in [5.74, 6) is 0.139. The molecule has 2 aliphatic rings. The average Bonchev–Trinajstić information content (AvgIpc) is 2.67. The van der Waals surface area contributed by atoms with Gasteiger partial charge in [-0.25, -0.2) is 0 Å². The highest BCUT2D eigenvalue weighted by molar-refractivity contribution is 5.85. The number of carbonyl (C=O) groups excluding carboxylic acids is 1. The number of halogens is 2. The summed E-state index contributed by atoms with van der Waals surface area (Å²) in [5.41, 5.74) is 8.04. The highest BCUT2D eigenvalue weighted by Gasteiger charge is 2.34. The van der Waals surface area contributed by atoms with Gasteiger partial charge in [0.15, 0.2) is 0 Å². The van der Waals surface area contributed by atoms with Gasteiger partial charge < -0.3 is 15.8 Å². The Labute approximate surface area is 181 Å². The first-order valence-electron chi connectivity index (χ1n) is 10.1. The summed E-state index contributed by atoms with van der Waals surface area (Å²) in [5, 5.41) is 3.23. The van der Waals surface area contributed by atoms with Crippen LogP contribution in [0.25, 0.3) is 0 Å². The highest BCUT2D eigenvalue weighted by Crippen LogP contribution is 2.36. The van der Waals surface area contributed by atoms with Crippen LogP contribution in [0.3, 0.4) is 0 Å². The first-order valence-corrected chi connectivity index (χ1v) is 10.1. The number of para-hydroxylation sites is 1. The van der Waals surface area contributed by atoms with E-state index in [0.29, 0.717) is 12.8 Å². The Bertz CT molecular complexity index is 589. The van der Waals surface area contributed by atoms with E-state index in [9.17, 15) is 4.79 Å². The zero-order valence-corrected chi connectivity index (χ0v) is 18.3. The lowest BCUT2D eigenvalue weighted by atomic mass is 9.73. The lowest BCUT2D eigenvalue weighted by molar-refractivity contribution is -0.121. The fourth-order valence-corrected chi connectivity index (χ4v) is 4.31. The number of nitrogens with two attached hydrogens (primary N) is 1. The monoisotopic (exact) mass is 431 g/mol. The standard InChI is InChI=1S/C21H33N3O2.2ClH/c22-19-7-3-2-6-18(19)8-9-20(25)23-16-21(10-4-1-5-11-21)17-24-12-14-26-15-13-24;;/h2-3,6-7H,1,4-5,8-17,22H2,(H,23,25);2*1H. The van der Waals surface area contributed by atoms with Crippen LogP contribution in [0.15, 0.2) is 24.3 Å². The van der Waals surface area contributed by atoms with Crippen LogP contribution < -0.4 is 11.1 Å². The second-order valence-corrected chi connectivity index (χ2v) is 7.92. The number of hydrogen-bond donors (Lipinski definition) is 2. The Balaban J connectivity index is 0.00000196. The molecule has 1 aliphatic carbocycles. The fourth-order valence-electron chi connectivity index (χ4n) is 4.31. The van der Waals surface area contributed by atoms with Gasteiger partial charge in [-0.3, -0.25) is 9.69 Å². The zero-order valence-electron chi connectivity index (χ0n) is 16.7. The smallest absolute Gasteiger partial charge is 0.220 e. The Kier molecular flexibility index (Phi) is 11.2. The van der Waals surface area contributed by atoms with Gasteiger partial charge in [0.1, 0.15) is 0 Å². The third-order valence-electron chi connectivity index (χ3n) is 5.91. The maximum absolute atomic E-state index is 12.4. The zero-order chi connectivity index (χ0) is 18.2. The van der Waals surface area contributed by atoms with Crippen molar-refractivity contribution in [1.82, 2.24) is 10.2 Å². The molecule has 7 heteroatoms. The molecule has 0 unspecified atom stereocenters. The molecular weight excluding hydrogens is 397 g/mol. The molecule has 1 aliphatic heterocycles. The van der Waals surface area contributed by atoms with Crippen molar-refractivity contribution in [3.63, 3.8) is 0 Å². The number of rotatable bonds is 7. The van der Waals surface area contributed by atoms with Crippen LogP contribution in [0.5, 0.6) is 0 Å². The van der Waals surface area contributed by atoms with E-state index in [-0.39, 0.29) is 36.1 Å². The normalized spacial score (nSPS) is 19.1. The van der Waals surface area contributed by atoms with Gasteiger partial charge in [-0.05, 0) is 30.9 Å². The Morgan fingerprint density at radius 3 is 2.46 bits per heavy atom. The van der Waals surface area contributed by atoms with Crippen LogP contribution >= 0.6 is 24.8 Å². The molecule has 0 spiro atoms. The molecule has 2 fully saturated rings. The Morgan fingerprint density at radius 2 is 1.79 bits per heavy atom. The number of nitrogen functional groups attached to an aromatic ring is 1. The molecule has 1 heterocycles. The number of nitrogens with one attached hydrogen (secondary N) is 1. The van der Waals surface area contributed by atoms with Gasteiger partial charge in [-0.15, -0.1) is 24.8 Å². The SMILES string of the molecule is Cl.Cl.Nc1ccccc1CCC(=O)NCC1(CN2CCOCC2)CCCCC1. The van der Waals surface area contributed by atoms with Crippen LogP contribution in [0.4, 0.5) is 5.69 Å². The number of morpholine rings is 1. The van der Waals surface area contributed by atoms with Crippen molar-refractivity contribution < 1.29 is 9.53 Å². The molecule has 3 rings (SSSR count). The number of nitrogens with zero attached hydrogens (tertiary/aromatic N) is 1. The molecule has 1 amide bonds. The van der Waals surface area contributed by atoms with Crippen LogP contribution in [-0.4, -0.2) is 50.2 Å². The summed E-state index contributed by atoms with van der Waals surface area (Å²) in [6.07, 6.45) is 7.52. The van der Waals surface area contributed by atoms with E-state index in [1.165, 1.54) is 32.1 Å². The van der Waals surface area contributed by atoms with Crippen molar-refractivity contribution in [3.8, 4) is 0 Å². The first kappa shape index (κ1) is 25.0. The summed E-state index contributed by atoms with van der Waals surface area (Å²) in [4.78, 5) is 14.9. The number of benzene rings is 1. The van der Waals surface area contributed by atoms with E-state index in [0.717, 1.165) is 50.6 Å². The molecule has 0 radical (unpaired) electrons. The molecule has 0 atom stereocenters. The number of carbonyl (C=O) groups is 1. The predicted octanol–water partition coefficient (Wildman–Crippen LogP) is 3.44. The van der Waals surface area contributed by atoms with Gasteiger partial charge in [0, 0.05) is 43.7 Å². The molecule has 1 aromatic carbocycles. The minimum Gasteiger partial charge on any atom is -0.399 e. The minimum atomic E-state index is 0. The van der Waals surface area contributed by atoms with Gasteiger partial charge in [-0.1, -0.05) is 37.5 Å². The topological polar surface area (TPSA) is 67.6 Å². The van der Waals surface area contributed by atoms with Crippen molar-refractivity contribution in [2.75, 3.05) is 45.1 Å². The largest absolute Gasteiger partial charge is 0.399 e. The van der Waals surface area contributed by atoms with Gasteiger partial charge in [0.05, 0.1) is 13.2 Å². The third-order valence-corrected chi connectivity index (χ3v) is 5.91. The number of hydrogen-bond acceptors (Lipinski definition) is 4. The van der Waals surface area contributed by atoms with Gasteiger partial charge in [-0.2, -0.15) is 0 Å². The van der Waals surface area contributed by atoms with Gasteiger partial charge in [0.2, 0.25) is 5.91 Å². The number of amides is 1. The first-order chi connectivity index (χ1) is 12.7. The van der Waals surface area contributed by atoms with E-state index >= 15 is 0 Å². The van der Waals surface area contributed by atoms with E-state index in [2.05, 4.69) is 10.2 Å². The fraction of sp³-hybridized carbons (Fsp3) is 0.667. The summed E-state index contributed by atoms with van der Waals surface area (Å²) < 4.78 is 5.48. The van der Waals surface area contributed by atoms with E-state index in [1.807, 2.05) is 24.3 Å². The number of ether oxygens (including phenoxy) is 1. The maximum Gasteiger partial charge on any atom is 0.220 e. The molecular formula is C21H35Cl2N3O2. The Morgan fingerprint density at radius 1 is 1.11 bits per heavy atom.